The van der Waals surface area contributed by atoms with E-state index in [-0.39, 0.29) is 36.4 Å². The Morgan fingerprint density at radius 2 is 1.91 bits per heavy atom. The molecular weight excluding hydrogens is 408 g/mol. The van der Waals surface area contributed by atoms with Gasteiger partial charge < -0.3 is 25.2 Å². The summed E-state index contributed by atoms with van der Waals surface area (Å²) < 4.78 is 5.58. The average Bonchev–Trinajstić information content (AvgIpc) is 2.70. The van der Waals surface area contributed by atoms with Crippen LogP contribution in [0.5, 0.6) is 5.75 Å². The highest BCUT2D eigenvalue weighted by molar-refractivity contribution is 6.03. The van der Waals surface area contributed by atoms with Gasteiger partial charge in [-0.05, 0) is 31.9 Å². The van der Waals surface area contributed by atoms with E-state index in [1.165, 1.54) is 0 Å². The Labute approximate surface area is 188 Å². The van der Waals surface area contributed by atoms with Crippen LogP contribution < -0.4 is 20.3 Å². The van der Waals surface area contributed by atoms with Gasteiger partial charge in [-0.3, -0.25) is 9.59 Å². The highest BCUT2D eigenvalue weighted by Gasteiger charge is 2.36. The quantitative estimate of drug-likeness (QED) is 0.713. The molecule has 1 atom stereocenters. The summed E-state index contributed by atoms with van der Waals surface area (Å²) in [6, 6.07) is 7.42. The van der Waals surface area contributed by atoms with Gasteiger partial charge in [0.2, 0.25) is 11.9 Å². The number of aryl methyl sites for hydroxylation is 2. The SMILES string of the molecule is Cc1ccc(OCC(=O)N2CC(Nc3nc(C)c4c(n3)N(C)[C@@H](C(C)C)C(=O)N4)C2)cc1. The monoisotopic (exact) mass is 438 g/mol. The van der Waals surface area contributed by atoms with E-state index in [1.807, 2.05) is 63.9 Å². The van der Waals surface area contributed by atoms with Gasteiger partial charge in [-0.2, -0.15) is 4.98 Å². The van der Waals surface area contributed by atoms with Gasteiger partial charge in [0.05, 0.1) is 11.7 Å². The Bertz CT molecular complexity index is 1020. The Morgan fingerprint density at radius 1 is 1.22 bits per heavy atom. The summed E-state index contributed by atoms with van der Waals surface area (Å²) in [4.78, 5) is 37.7. The Hall–Kier alpha value is -3.36. The molecule has 9 nitrogen and oxygen atoms in total. The lowest BCUT2D eigenvalue weighted by atomic mass is 9.99. The third-order valence-corrected chi connectivity index (χ3v) is 5.92. The second kappa shape index (κ2) is 8.64. The number of rotatable bonds is 6. The van der Waals surface area contributed by atoms with Crippen molar-refractivity contribution in [2.75, 3.05) is 42.3 Å². The average molecular weight is 439 g/mol. The van der Waals surface area contributed by atoms with Crippen molar-refractivity contribution in [3.63, 3.8) is 0 Å². The van der Waals surface area contributed by atoms with Crippen molar-refractivity contribution in [2.45, 2.75) is 39.8 Å². The molecule has 2 aliphatic heterocycles. The number of anilines is 3. The third-order valence-electron chi connectivity index (χ3n) is 5.92. The summed E-state index contributed by atoms with van der Waals surface area (Å²) in [7, 11) is 1.89. The van der Waals surface area contributed by atoms with Crippen LogP contribution in [0.25, 0.3) is 0 Å². The van der Waals surface area contributed by atoms with Crippen LogP contribution in [0.4, 0.5) is 17.5 Å². The molecule has 3 heterocycles. The van der Waals surface area contributed by atoms with Crippen LogP contribution in [-0.2, 0) is 9.59 Å². The Balaban J connectivity index is 1.34. The van der Waals surface area contributed by atoms with Crippen molar-refractivity contribution in [1.29, 1.82) is 0 Å². The zero-order chi connectivity index (χ0) is 23.0. The Morgan fingerprint density at radius 3 is 2.56 bits per heavy atom. The first-order valence-electron chi connectivity index (χ1n) is 10.9. The van der Waals surface area contributed by atoms with E-state index >= 15 is 0 Å². The summed E-state index contributed by atoms with van der Waals surface area (Å²) in [6.07, 6.45) is 0. The molecule has 2 amide bonds. The highest BCUT2D eigenvalue weighted by Crippen LogP contribution is 2.34. The van der Waals surface area contributed by atoms with E-state index in [1.54, 1.807) is 4.90 Å². The second-order valence-electron chi connectivity index (χ2n) is 8.86. The number of ether oxygens (including phenoxy) is 1. The van der Waals surface area contributed by atoms with Crippen molar-refractivity contribution >= 4 is 29.3 Å². The molecule has 170 valence electrons. The number of amides is 2. The maximum absolute atomic E-state index is 12.5. The van der Waals surface area contributed by atoms with E-state index in [0.29, 0.717) is 42.0 Å². The van der Waals surface area contributed by atoms with E-state index in [4.69, 9.17) is 4.74 Å². The van der Waals surface area contributed by atoms with E-state index in [2.05, 4.69) is 20.6 Å². The largest absolute Gasteiger partial charge is 0.484 e. The van der Waals surface area contributed by atoms with Gasteiger partial charge in [-0.1, -0.05) is 31.5 Å². The highest BCUT2D eigenvalue weighted by atomic mass is 16.5. The van der Waals surface area contributed by atoms with E-state index in [9.17, 15) is 9.59 Å². The van der Waals surface area contributed by atoms with Crippen LogP contribution >= 0.6 is 0 Å². The molecule has 0 bridgehead atoms. The molecule has 0 spiro atoms. The van der Waals surface area contributed by atoms with E-state index < -0.39 is 0 Å². The van der Waals surface area contributed by atoms with Crippen LogP contribution in [-0.4, -0.2) is 65.5 Å². The summed E-state index contributed by atoms with van der Waals surface area (Å²) in [5.74, 6) is 1.95. The second-order valence-corrected chi connectivity index (χ2v) is 8.86. The number of carbonyl (C=O) groups excluding carboxylic acids is 2. The number of likely N-dealkylation sites (tertiary alicyclic amines) is 1. The molecule has 2 aromatic rings. The molecular formula is C23H30N6O3. The lowest BCUT2D eigenvalue weighted by Gasteiger charge is -2.40. The molecule has 1 fully saturated rings. The number of fused-ring (bicyclic) bond motifs is 1. The predicted molar refractivity (Wildman–Crippen MR) is 123 cm³/mol. The van der Waals surface area contributed by atoms with Gasteiger partial charge >= 0.3 is 0 Å². The van der Waals surface area contributed by atoms with Gasteiger partial charge in [0.1, 0.15) is 17.5 Å². The van der Waals surface area contributed by atoms with Crippen molar-refractivity contribution in [2.24, 2.45) is 5.92 Å². The molecule has 4 rings (SSSR count). The first-order chi connectivity index (χ1) is 15.2. The van der Waals surface area contributed by atoms with Crippen LogP contribution in [0.2, 0.25) is 0 Å². The molecule has 0 aliphatic carbocycles. The number of hydrogen-bond acceptors (Lipinski definition) is 7. The number of aromatic nitrogens is 2. The van der Waals surface area contributed by atoms with Gasteiger partial charge in [0.15, 0.2) is 12.4 Å². The maximum Gasteiger partial charge on any atom is 0.260 e. The number of carbonyl (C=O) groups is 2. The molecule has 1 saturated heterocycles. The fourth-order valence-electron chi connectivity index (χ4n) is 4.11. The first kappa shape index (κ1) is 21.9. The molecule has 0 unspecified atom stereocenters. The fraction of sp³-hybridized carbons (Fsp3) is 0.478. The maximum atomic E-state index is 12.5. The zero-order valence-corrected chi connectivity index (χ0v) is 19.2. The van der Waals surface area contributed by atoms with E-state index in [0.717, 1.165) is 5.56 Å². The normalized spacial score (nSPS) is 18.2. The minimum Gasteiger partial charge on any atom is -0.484 e. The number of nitrogens with zero attached hydrogens (tertiary/aromatic N) is 4. The lowest BCUT2D eigenvalue weighted by Crippen LogP contribution is -2.58. The number of benzene rings is 1. The van der Waals surface area contributed by atoms with Crippen LogP contribution in [0.15, 0.2) is 24.3 Å². The summed E-state index contributed by atoms with van der Waals surface area (Å²) in [5, 5.41) is 6.26. The molecule has 1 aromatic heterocycles. The smallest absolute Gasteiger partial charge is 0.260 e. The molecule has 2 aliphatic rings. The van der Waals surface area contributed by atoms with Crippen LogP contribution in [0, 0.1) is 19.8 Å². The summed E-state index contributed by atoms with van der Waals surface area (Å²) in [5.41, 5.74) is 2.51. The molecule has 0 radical (unpaired) electrons. The number of likely N-dealkylation sites (N-methyl/N-ethyl adjacent to an activating group) is 1. The summed E-state index contributed by atoms with van der Waals surface area (Å²) in [6.45, 7) is 9.04. The zero-order valence-electron chi connectivity index (χ0n) is 19.2. The molecule has 1 aromatic carbocycles. The van der Waals surface area contributed by atoms with Crippen molar-refractivity contribution in [3.8, 4) is 5.75 Å². The van der Waals surface area contributed by atoms with Gasteiger partial charge in [-0.25, -0.2) is 4.98 Å². The minimum atomic E-state index is -0.282. The van der Waals surface area contributed by atoms with Crippen LogP contribution in [0.3, 0.4) is 0 Å². The van der Waals surface area contributed by atoms with Crippen molar-refractivity contribution in [3.05, 3.63) is 35.5 Å². The van der Waals surface area contributed by atoms with Gasteiger partial charge in [0.25, 0.3) is 5.91 Å². The number of nitrogens with one attached hydrogen (secondary N) is 2. The van der Waals surface area contributed by atoms with Crippen molar-refractivity contribution in [1.82, 2.24) is 14.9 Å². The van der Waals surface area contributed by atoms with Crippen molar-refractivity contribution < 1.29 is 14.3 Å². The third kappa shape index (κ3) is 4.32. The summed E-state index contributed by atoms with van der Waals surface area (Å²) >= 11 is 0. The lowest BCUT2D eigenvalue weighted by molar-refractivity contribution is -0.137. The number of hydrogen-bond donors (Lipinski definition) is 2. The first-order valence-corrected chi connectivity index (χ1v) is 10.9. The Kier molecular flexibility index (Phi) is 5.90. The molecule has 32 heavy (non-hydrogen) atoms. The molecule has 0 saturated carbocycles. The minimum absolute atomic E-state index is 0.0192. The van der Waals surface area contributed by atoms with Gasteiger partial charge in [-0.15, -0.1) is 0 Å². The molecule has 9 heteroatoms. The fourth-order valence-corrected chi connectivity index (χ4v) is 4.11. The predicted octanol–water partition coefficient (Wildman–Crippen LogP) is 2.21. The molecule has 2 N–H and O–H groups in total. The topological polar surface area (TPSA) is 99.7 Å². The van der Waals surface area contributed by atoms with Gasteiger partial charge in [0, 0.05) is 20.1 Å². The van der Waals surface area contributed by atoms with Crippen LogP contribution in [0.1, 0.15) is 25.1 Å². The standard InChI is InChI=1S/C23H30N6O3/c1-13(2)20-22(31)26-19-15(4)24-23(27-21(19)28(20)5)25-16-10-29(11-16)18(30)12-32-17-8-6-14(3)7-9-17/h6-9,13,16,20H,10-12H2,1-5H3,(H,26,31)(H,24,25,27)/t20-/m0/s1.